The molecule has 6 N–H and O–H groups in total. The van der Waals surface area contributed by atoms with Crippen molar-refractivity contribution in [3.63, 3.8) is 0 Å². The molecule has 0 saturated carbocycles. The van der Waals surface area contributed by atoms with Crippen molar-refractivity contribution in [1.29, 1.82) is 0 Å². The summed E-state index contributed by atoms with van der Waals surface area (Å²) >= 11 is 0. The van der Waals surface area contributed by atoms with Crippen LogP contribution in [0, 0.1) is 0 Å². The van der Waals surface area contributed by atoms with Crippen molar-refractivity contribution in [1.82, 2.24) is 0 Å². The first-order chi connectivity index (χ1) is 0. The smallest absolute Gasteiger partial charge is 1.00 e. The molecule has 0 bridgehead atoms. The third-order valence-electron chi connectivity index (χ3n) is 0. The Balaban J connectivity index is 0. The van der Waals surface area contributed by atoms with Crippen LogP contribution in [0.25, 0.3) is 0 Å². The fourth-order valence-corrected chi connectivity index (χ4v) is 0. The van der Waals surface area contributed by atoms with Crippen molar-refractivity contribution >= 4 is 0 Å². The van der Waals surface area contributed by atoms with E-state index in [1.54, 1.807) is 0 Å². The van der Waals surface area contributed by atoms with E-state index >= 15 is 0 Å². The Morgan fingerprint density at radius 2 is 0.500 bits per heavy atom. The summed E-state index contributed by atoms with van der Waals surface area (Å²) in [6.45, 7) is 0. The second-order valence-corrected chi connectivity index (χ2v) is 0. The van der Waals surface area contributed by atoms with Crippen LogP contribution in [0.4, 0.5) is 0 Å². The summed E-state index contributed by atoms with van der Waals surface area (Å²) in [5.74, 6) is 0. The second-order valence-electron chi connectivity index (χ2n) is 0. The van der Waals surface area contributed by atoms with Crippen LogP contribution in [0.3, 0.4) is 0 Å². The van der Waals surface area contributed by atoms with Gasteiger partial charge in [0.2, 0.25) is 0 Å². The third kappa shape index (κ3) is 99.1. The molecule has 0 saturated heterocycles. The molecule has 8 heavy (non-hydrogen) atoms. The predicted molar refractivity (Wildman–Crippen MR) is 12.9 cm³/mol. The molecule has 8 heteroatoms. The molecular weight excluding hydrogens is 186 g/mol. The summed E-state index contributed by atoms with van der Waals surface area (Å²) in [4.78, 5) is 0. The van der Waals surface area contributed by atoms with Crippen molar-refractivity contribution in [2.75, 3.05) is 0 Å². The minimum atomic E-state index is 0. The summed E-state index contributed by atoms with van der Waals surface area (Å²) in [6.07, 6.45) is 0. The zero-order valence-corrected chi connectivity index (χ0v) is 8.69. The van der Waals surface area contributed by atoms with E-state index in [9.17, 15) is 0 Å². The molecule has 53 valence electrons. The molecule has 6 nitrogen and oxygen atoms in total. The van der Waals surface area contributed by atoms with Crippen molar-refractivity contribution in [3.8, 4) is 0 Å². The van der Waals surface area contributed by atoms with E-state index in [1.807, 2.05) is 0 Å². The zero-order chi connectivity index (χ0) is 0. The van der Waals surface area contributed by atoms with E-state index in [0.717, 1.165) is 0 Å². The van der Waals surface area contributed by atoms with Gasteiger partial charge in [0.25, 0.3) is 0 Å². The van der Waals surface area contributed by atoms with Crippen molar-refractivity contribution in [3.05, 3.63) is 0 Å². The molecule has 0 aliphatic carbocycles. The van der Waals surface area contributed by atoms with Gasteiger partial charge in [-0.3, -0.25) is 0 Å². The third-order valence-corrected chi connectivity index (χ3v) is 0. The maximum absolute atomic E-state index is 0. The molecule has 0 heterocycles. The van der Waals surface area contributed by atoms with Crippen LogP contribution < -0.4 is 51.4 Å². The van der Waals surface area contributed by atoms with E-state index in [-0.39, 0.29) is 103 Å². The SMILES string of the molecule is O.O.O.[K+].[O-2].[O-2].[O-2].[V]. The minimum Gasteiger partial charge on any atom is -2.00 e. The molecule has 0 rings (SSSR count). The normalized spacial score (nSPS) is 0. The maximum Gasteiger partial charge on any atom is 1.00 e. The molecule has 0 aliphatic rings. The topological polar surface area (TPSA) is 180 Å². The Morgan fingerprint density at radius 1 is 0.500 bits per heavy atom. The van der Waals surface area contributed by atoms with Crippen LogP contribution in [0.15, 0.2) is 0 Å². The molecular formula is H6KO6V-5. The second kappa shape index (κ2) is 146. The molecule has 1 radical (unpaired) electrons. The van der Waals surface area contributed by atoms with E-state index in [0.29, 0.717) is 0 Å². The fraction of sp³-hybridized carbons (Fsp3) is 0. The van der Waals surface area contributed by atoms with Gasteiger partial charge in [0.15, 0.2) is 0 Å². The fourth-order valence-electron chi connectivity index (χ4n) is 0. The monoisotopic (exact) mass is 192 g/mol. The Labute approximate surface area is 101 Å². The van der Waals surface area contributed by atoms with Gasteiger partial charge in [0.1, 0.15) is 0 Å². The first-order valence-corrected chi connectivity index (χ1v) is 0. The number of hydrogen-bond donors (Lipinski definition) is 0. The van der Waals surface area contributed by atoms with Gasteiger partial charge in [-0.15, -0.1) is 0 Å². The van der Waals surface area contributed by atoms with Crippen LogP contribution in [0.5, 0.6) is 0 Å². The van der Waals surface area contributed by atoms with Crippen molar-refractivity contribution in [2.45, 2.75) is 0 Å². The van der Waals surface area contributed by atoms with E-state index in [2.05, 4.69) is 0 Å². The molecule has 0 aromatic rings. The van der Waals surface area contributed by atoms with Crippen LogP contribution in [-0.2, 0) is 35.0 Å². The molecule has 0 aromatic carbocycles. The van der Waals surface area contributed by atoms with Gasteiger partial charge in [-0.05, 0) is 0 Å². The molecule has 0 atom stereocenters. The van der Waals surface area contributed by atoms with Gasteiger partial charge in [0, 0.05) is 18.6 Å². The molecule has 0 unspecified atom stereocenters. The van der Waals surface area contributed by atoms with Crippen molar-refractivity contribution in [2.24, 2.45) is 0 Å². The van der Waals surface area contributed by atoms with E-state index in [4.69, 9.17) is 0 Å². The molecule has 0 aliphatic heterocycles. The number of rotatable bonds is 0. The van der Waals surface area contributed by atoms with Crippen LogP contribution in [0.2, 0.25) is 0 Å². The first kappa shape index (κ1) is 205. The van der Waals surface area contributed by atoms with E-state index < -0.39 is 0 Å². The van der Waals surface area contributed by atoms with Crippen molar-refractivity contribution < 1.29 is 103 Å². The summed E-state index contributed by atoms with van der Waals surface area (Å²) in [7, 11) is 0. The zero-order valence-electron chi connectivity index (χ0n) is 4.17. The maximum atomic E-state index is 0. The number of hydrogen-bond acceptors (Lipinski definition) is 0. The summed E-state index contributed by atoms with van der Waals surface area (Å²) < 4.78 is 0. The van der Waals surface area contributed by atoms with Gasteiger partial charge in [-0.2, -0.15) is 0 Å². The summed E-state index contributed by atoms with van der Waals surface area (Å²) in [5, 5.41) is 0. The Morgan fingerprint density at radius 3 is 0.500 bits per heavy atom. The quantitative estimate of drug-likeness (QED) is 0.332. The predicted octanol–water partition coefficient (Wildman–Crippen LogP) is -5.83. The van der Waals surface area contributed by atoms with Gasteiger partial charge < -0.3 is 32.9 Å². The Hall–Kier alpha value is 1.98. The standard InChI is InChI=1S/K.3H2O.3O.V/h;3*1H2;;;;/q+1;;;;3*-2;. The molecule has 0 aromatic heterocycles. The molecule has 0 fully saturated rings. The van der Waals surface area contributed by atoms with Gasteiger partial charge >= 0.3 is 51.4 Å². The summed E-state index contributed by atoms with van der Waals surface area (Å²) in [5.41, 5.74) is 0. The average molecular weight is 192 g/mol. The van der Waals surface area contributed by atoms with Gasteiger partial charge in [0.05, 0.1) is 0 Å². The largest absolute Gasteiger partial charge is 2.00 e. The van der Waals surface area contributed by atoms with Crippen LogP contribution >= 0.6 is 0 Å². The Kier molecular flexibility index (Phi) is 3740. The van der Waals surface area contributed by atoms with Crippen LogP contribution in [0.1, 0.15) is 0 Å². The van der Waals surface area contributed by atoms with E-state index in [1.165, 1.54) is 0 Å². The summed E-state index contributed by atoms with van der Waals surface area (Å²) in [6, 6.07) is 0. The first-order valence-electron chi connectivity index (χ1n) is 0. The van der Waals surface area contributed by atoms with Gasteiger partial charge in [-0.25, -0.2) is 0 Å². The van der Waals surface area contributed by atoms with Gasteiger partial charge in [-0.1, -0.05) is 0 Å². The van der Waals surface area contributed by atoms with Crippen LogP contribution in [-0.4, -0.2) is 16.4 Å². The molecule has 0 spiro atoms. The average Bonchev–Trinajstić information content (AvgIpc) is 0. The Bertz CT molecular complexity index is 8.49. The molecule has 0 amide bonds. The minimum absolute atomic E-state index is 0.